The summed E-state index contributed by atoms with van der Waals surface area (Å²) in [5.74, 6) is -6.05. The molecule has 1 aromatic carbocycles. The van der Waals surface area contributed by atoms with Crippen LogP contribution in [0, 0.1) is 17.2 Å². The predicted octanol–water partition coefficient (Wildman–Crippen LogP) is 5.94. The Hall–Kier alpha value is -4.31. The number of rotatable bonds is 10. The van der Waals surface area contributed by atoms with Crippen LogP contribution >= 0.6 is 24.6 Å². The highest BCUT2D eigenvalue weighted by Crippen LogP contribution is 2.41. The van der Waals surface area contributed by atoms with Gasteiger partial charge < -0.3 is 15.0 Å². The second-order valence-corrected chi connectivity index (χ2v) is 15.6. The minimum atomic E-state index is -4.86. The molecule has 57 heavy (non-hydrogen) atoms. The molecular formula is C38H43ClF5N7O5S. The third-order valence-corrected chi connectivity index (χ3v) is 11.5. The number of nitrogens with one attached hydrogen (secondary N) is 2. The number of aromatic nitrogens is 1. The second-order valence-electron chi connectivity index (χ2n) is 15.3. The van der Waals surface area contributed by atoms with Crippen molar-refractivity contribution in [2.45, 2.75) is 101 Å². The first-order valence-corrected chi connectivity index (χ1v) is 18.9. The molecule has 0 radical (unpaired) electrons. The average Bonchev–Trinajstić information content (AvgIpc) is 3.31. The molecule has 6 rings (SSSR count). The molecule has 1 saturated carbocycles. The standard InChI is InChI=1S/C38H42F5N7O5S.ClH/c1-36(2)34(54)49(26-17-29(38(41,42)43)30(18-44)45-19-26)35(56)50(36)25-7-9-27(10-8-25)55-16-14-23-13-15-48(21-37(23,39)40)20-32(52)46-24-5-3-22(4-6-24)28-11-12-31(51)47-33(28)53;/h3-6,17,19,23,25,27-28H,7-16,20-21H2,1-2H3,(H,46,52)(H,47,51,53);1H. The van der Waals surface area contributed by atoms with E-state index in [1.54, 1.807) is 43.0 Å². The van der Waals surface area contributed by atoms with E-state index in [2.05, 4.69) is 15.6 Å². The number of amides is 4. The number of carbonyl (C=O) groups excluding carboxylic acids is 4. The van der Waals surface area contributed by atoms with Gasteiger partial charge >= 0.3 is 6.18 Å². The molecule has 2 unspecified atom stereocenters. The largest absolute Gasteiger partial charge is 0.419 e. The van der Waals surface area contributed by atoms with Crippen molar-refractivity contribution in [1.82, 2.24) is 20.1 Å². The summed E-state index contributed by atoms with van der Waals surface area (Å²) in [5.41, 5.74) is -2.25. The Balaban J connectivity index is 0.00000620. The van der Waals surface area contributed by atoms with E-state index in [0.717, 1.165) is 11.1 Å². The van der Waals surface area contributed by atoms with E-state index in [1.165, 1.54) is 11.0 Å². The fraction of sp³-hybridized carbons (Fsp3) is 0.553. The molecule has 4 amide bonds. The lowest BCUT2D eigenvalue weighted by molar-refractivity contribution is -0.138. The van der Waals surface area contributed by atoms with Crippen molar-refractivity contribution < 1.29 is 45.9 Å². The summed E-state index contributed by atoms with van der Waals surface area (Å²) in [5, 5.41) is 14.2. The van der Waals surface area contributed by atoms with E-state index in [1.807, 2.05) is 0 Å². The Morgan fingerprint density at radius 2 is 1.77 bits per heavy atom. The normalized spacial score (nSPS) is 25.1. The summed E-state index contributed by atoms with van der Waals surface area (Å²) in [6, 6.07) is 8.58. The van der Waals surface area contributed by atoms with Crippen molar-refractivity contribution in [3.8, 4) is 6.07 Å². The highest BCUT2D eigenvalue weighted by atomic mass is 35.5. The molecular weight excluding hydrogens is 797 g/mol. The maximum atomic E-state index is 15.3. The number of hydrogen-bond donors (Lipinski definition) is 2. The minimum absolute atomic E-state index is 0. The quantitative estimate of drug-likeness (QED) is 0.167. The Kier molecular flexibility index (Phi) is 13.3. The van der Waals surface area contributed by atoms with Gasteiger partial charge in [0.2, 0.25) is 17.7 Å². The molecule has 4 heterocycles. The zero-order valence-corrected chi connectivity index (χ0v) is 32.9. The molecule has 2 atom stereocenters. The lowest BCUT2D eigenvalue weighted by Gasteiger charge is -2.41. The highest BCUT2D eigenvalue weighted by molar-refractivity contribution is 7.80. The van der Waals surface area contributed by atoms with E-state index in [-0.39, 0.29) is 79.6 Å². The summed E-state index contributed by atoms with van der Waals surface area (Å²) in [7, 11) is 0. The minimum Gasteiger partial charge on any atom is -0.378 e. The van der Waals surface area contributed by atoms with Crippen molar-refractivity contribution in [2.75, 3.05) is 36.5 Å². The van der Waals surface area contributed by atoms with Crippen molar-refractivity contribution in [3.05, 3.63) is 53.3 Å². The highest BCUT2D eigenvalue weighted by Gasteiger charge is 2.53. The number of halogens is 6. The van der Waals surface area contributed by atoms with Gasteiger partial charge in [0.15, 0.2) is 10.8 Å². The van der Waals surface area contributed by atoms with Crippen LogP contribution in [0.1, 0.15) is 88.0 Å². The molecule has 4 fully saturated rings. The maximum absolute atomic E-state index is 15.3. The topological polar surface area (TPSA) is 148 Å². The number of thiocarbonyl (C=S) groups is 1. The van der Waals surface area contributed by atoms with Gasteiger partial charge in [-0.25, -0.2) is 13.8 Å². The number of hydrogen-bond acceptors (Lipinski definition) is 9. The number of alkyl halides is 5. The van der Waals surface area contributed by atoms with Gasteiger partial charge in [0.25, 0.3) is 11.8 Å². The number of likely N-dealkylation sites (tertiary alicyclic amines) is 1. The summed E-state index contributed by atoms with van der Waals surface area (Å²) in [6.07, 6.45) is -0.844. The number of carbonyl (C=O) groups is 4. The summed E-state index contributed by atoms with van der Waals surface area (Å²) in [4.78, 5) is 57.7. The monoisotopic (exact) mass is 839 g/mol. The lowest BCUT2D eigenvalue weighted by Crippen LogP contribution is -2.51. The van der Waals surface area contributed by atoms with Gasteiger partial charge in [-0.15, -0.1) is 12.4 Å². The van der Waals surface area contributed by atoms with E-state index in [0.29, 0.717) is 56.0 Å². The van der Waals surface area contributed by atoms with E-state index < -0.39 is 59.1 Å². The van der Waals surface area contributed by atoms with Gasteiger partial charge in [0.1, 0.15) is 11.6 Å². The molecule has 19 heteroatoms. The number of nitrogens with zero attached hydrogens (tertiary/aromatic N) is 5. The predicted molar refractivity (Wildman–Crippen MR) is 204 cm³/mol. The van der Waals surface area contributed by atoms with Gasteiger partial charge in [-0.05, 0) is 101 Å². The van der Waals surface area contributed by atoms with Gasteiger partial charge in [0.05, 0.1) is 42.6 Å². The smallest absolute Gasteiger partial charge is 0.378 e. The van der Waals surface area contributed by atoms with Crippen LogP contribution in [0.4, 0.5) is 33.3 Å². The molecule has 0 spiro atoms. The van der Waals surface area contributed by atoms with Gasteiger partial charge in [-0.2, -0.15) is 18.4 Å². The summed E-state index contributed by atoms with van der Waals surface area (Å²) >= 11 is 5.64. The van der Waals surface area contributed by atoms with Gasteiger partial charge in [-0.3, -0.25) is 34.3 Å². The first kappa shape index (κ1) is 43.8. The Morgan fingerprint density at radius 1 is 1.09 bits per heavy atom. The number of benzene rings is 1. The number of piperidine rings is 2. The SMILES string of the molecule is CC1(C)C(=O)N(c2cnc(C#N)c(C(F)(F)F)c2)C(=S)N1C1CCC(OCCC2CCN(CC(=O)Nc3ccc(C4CCC(=O)NC4=O)cc3)CC2(F)F)CC1.Cl. The molecule has 1 aliphatic carbocycles. The Morgan fingerprint density at radius 3 is 2.39 bits per heavy atom. The summed E-state index contributed by atoms with van der Waals surface area (Å²) in [6.45, 7) is 2.95. The van der Waals surface area contributed by atoms with Crippen molar-refractivity contribution in [2.24, 2.45) is 5.92 Å². The third-order valence-electron chi connectivity index (χ3n) is 11.1. The third kappa shape index (κ3) is 9.54. The van der Waals surface area contributed by atoms with Crippen molar-refractivity contribution >= 4 is 64.7 Å². The number of nitriles is 1. The van der Waals surface area contributed by atoms with Crippen LogP contribution in [0.5, 0.6) is 0 Å². The van der Waals surface area contributed by atoms with Crippen molar-refractivity contribution in [3.63, 3.8) is 0 Å². The first-order valence-electron chi connectivity index (χ1n) is 18.5. The molecule has 3 aliphatic heterocycles. The van der Waals surface area contributed by atoms with Crippen LogP contribution in [0.25, 0.3) is 0 Å². The van der Waals surface area contributed by atoms with Crippen LogP contribution < -0.4 is 15.5 Å². The first-order chi connectivity index (χ1) is 26.4. The molecule has 3 saturated heterocycles. The molecule has 2 N–H and O–H groups in total. The number of ether oxygens (including phenoxy) is 1. The van der Waals surface area contributed by atoms with Crippen molar-refractivity contribution in [1.29, 1.82) is 5.26 Å². The molecule has 0 bridgehead atoms. The lowest BCUT2D eigenvalue weighted by atomic mass is 9.88. The molecule has 2 aromatic rings. The number of pyridine rings is 1. The van der Waals surface area contributed by atoms with E-state index >= 15 is 8.78 Å². The second kappa shape index (κ2) is 17.3. The molecule has 1 aromatic heterocycles. The molecule has 12 nitrogen and oxygen atoms in total. The average molecular weight is 840 g/mol. The van der Waals surface area contributed by atoms with Crippen LogP contribution in [0.15, 0.2) is 36.5 Å². The fourth-order valence-corrected chi connectivity index (χ4v) is 8.70. The summed E-state index contributed by atoms with van der Waals surface area (Å²) < 4.78 is 77.5. The fourth-order valence-electron chi connectivity index (χ4n) is 8.14. The van der Waals surface area contributed by atoms with Crippen LogP contribution in [-0.4, -0.2) is 93.4 Å². The number of anilines is 2. The Labute approximate surface area is 337 Å². The molecule has 4 aliphatic rings. The van der Waals surface area contributed by atoms with Crippen LogP contribution in [0.2, 0.25) is 0 Å². The zero-order valence-electron chi connectivity index (χ0n) is 31.2. The van der Waals surface area contributed by atoms with Gasteiger partial charge in [0, 0.05) is 30.7 Å². The molecule has 308 valence electrons. The van der Waals surface area contributed by atoms with Crippen LogP contribution in [0.3, 0.4) is 0 Å². The van der Waals surface area contributed by atoms with Gasteiger partial charge in [-0.1, -0.05) is 12.1 Å². The Bertz CT molecular complexity index is 1920. The van der Waals surface area contributed by atoms with E-state index in [9.17, 15) is 32.3 Å². The number of imide groups is 1. The van der Waals surface area contributed by atoms with Crippen LogP contribution in [-0.2, 0) is 30.1 Å². The maximum Gasteiger partial charge on any atom is 0.419 e. The zero-order chi connectivity index (χ0) is 40.6. The van der Waals surface area contributed by atoms with E-state index in [4.69, 9.17) is 22.2 Å².